The van der Waals surface area contributed by atoms with E-state index in [2.05, 4.69) is 10.3 Å². The quantitative estimate of drug-likeness (QED) is 0.690. The Labute approximate surface area is 157 Å². The van der Waals surface area contributed by atoms with Gasteiger partial charge in [0.15, 0.2) is 0 Å². The van der Waals surface area contributed by atoms with Gasteiger partial charge in [-0.2, -0.15) is 0 Å². The molecule has 0 bridgehead atoms. The van der Waals surface area contributed by atoms with Crippen molar-refractivity contribution in [2.24, 2.45) is 0 Å². The van der Waals surface area contributed by atoms with Gasteiger partial charge in [0.1, 0.15) is 29.3 Å². The van der Waals surface area contributed by atoms with Gasteiger partial charge < -0.3 is 24.1 Å². The summed E-state index contributed by atoms with van der Waals surface area (Å²) in [5.74, 6) is 1.72. The van der Waals surface area contributed by atoms with Gasteiger partial charge in [-0.15, -0.1) is 0 Å². The van der Waals surface area contributed by atoms with E-state index in [-0.39, 0.29) is 18.6 Å². The Kier molecular flexibility index (Phi) is 5.49. The van der Waals surface area contributed by atoms with Gasteiger partial charge >= 0.3 is 0 Å². The van der Waals surface area contributed by atoms with Crippen LogP contribution in [0.1, 0.15) is 13.8 Å². The second-order valence-corrected chi connectivity index (χ2v) is 6.31. The summed E-state index contributed by atoms with van der Waals surface area (Å²) in [6.07, 6.45) is 1.67. The summed E-state index contributed by atoms with van der Waals surface area (Å²) in [5, 5.41) is 2.87. The van der Waals surface area contributed by atoms with Crippen molar-refractivity contribution < 1.29 is 19.0 Å². The SMILES string of the molecule is COc1cc(NC(=O)Cn2cnc3cccc(OC(C)C)c32)cc(OC)c1. The normalized spacial score (nSPS) is 10.9. The minimum absolute atomic E-state index is 0.0250. The molecule has 0 atom stereocenters. The highest BCUT2D eigenvalue weighted by Crippen LogP contribution is 2.27. The minimum atomic E-state index is -0.191. The Morgan fingerprint density at radius 1 is 1.15 bits per heavy atom. The molecule has 0 unspecified atom stereocenters. The number of nitrogens with one attached hydrogen (secondary N) is 1. The van der Waals surface area contributed by atoms with Crippen molar-refractivity contribution in [3.63, 3.8) is 0 Å². The zero-order chi connectivity index (χ0) is 19.4. The van der Waals surface area contributed by atoms with Gasteiger partial charge in [0.25, 0.3) is 0 Å². The lowest BCUT2D eigenvalue weighted by molar-refractivity contribution is -0.116. The molecule has 0 fully saturated rings. The number of hydrogen-bond acceptors (Lipinski definition) is 5. The van der Waals surface area contributed by atoms with Gasteiger partial charge in [0.2, 0.25) is 5.91 Å². The van der Waals surface area contributed by atoms with Crippen molar-refractivity contribution in [2.75, 3.05) is 19.5 Å². The third kappa shape index (κ3) is 4.31. The smallest absolute Gasteiger partial charge is 0.244 e. The van der Waals surface area contributed by atoms with E-state index >= 15 is 0 Å². The second kappa shape index (κ2) is 7.99. The molecule has 0 aliphatic rings. The van der Waals surface area contributed by atoms with E-state index in [0.29, 0.717) is 22.9 Å². The van der Waals surface area contributed by atoms with Crippen LogP contribution in [0.2, 0.25) is 0 Å². The molecule has 27 heavy (non-hydrogen) atoms. The molecule has 0 saturated carbocycles. The lowest BCUT2D eigenvalue weighted by atomic mass is 10.2. The Balaban J connectivity index is 1.82. The number of anilines is 1. The lowest BCUT2D eigenvalue weighted by Gasteiger charge is -2.13. The van der Waals surface area contributed by atoms with Crippen LogP contribution in [0.15, 0.2) is 42.7 Å². The van der Waals surface area contributed by atoms with Gasteiger partial charge in [0.05, 0.1) is 32.2 Å². The monoisotopic (exact) mass is 369 g/mol. The standard InChI is InChI=1S/C20H23N3O4/c1-13(2)27-18-7-5-6-17-20(18)23(12-21-17)11-19(24)22-14-8-15(25-3)10-16(9-14)26-4/h5-10,12-13H,11H2,1-4H3,(H,22,24). The van der Waals surface area contributed by atoms with Crippen LogP contribution in [-0.4, -0.2) is 35.8 Å². The number of carbonyl (C=O) groups excluding carboxylic acids is 1. The van der Waals surface area contributed by atoms with Crippen LogP contribution in [-0.2, 0) is 11.3 Å². The number of carbonyl (C=O) groups is 1. The van der Waals surface area contributed by atoms with E-state index in [4.69, 9.17) is 14.2 Å². The fraction of sp³-hybridized carbons (Fsp3) is 0.300. The summed E-state index contributed by atoms with van der Waals surface area (Å²) in [4.78, 5) is 16.9. The highest BCUT2D eigenvalue weighted by molar-refractivity contribution is 5.92. The number of fused-ring (bicyclic) bond motifs is 1. The first kappa shape index (κ1) is 18.6. The Morgan fingerprint density at radius 3 is 2.48 bits per heavy atom. The number of benzene rings is 2. The Hall–Kier alpha value is -3.22. The van der Waals surface area contributed by atoms with Gasteiger partial charge in [0, 0.05) is 23.9 Å². The predicted octanol–water partition coefficient (Wildman–Crippen LogP) is 3.48. The summed E-state index contributed by atoms with van der Waals surface area (Å²) >= 11 is 0. The molecule has 3 aromatic rings. The number of ether oxygens (including phenoxy) is 3. The van der Waals surface area contributed by atoms with Crippen LogP contribution in [0.5, 0.6) is 17.2 Å². The summed E-state index contributed by atoms with van der Waals surface area (Å²) in [5.41, 5.74) is 2.17. The van der Waals surface area contributed by atoms with E-state index in [9.17, 15) is 4.79 Å². The maximum absolute atomic E-state index is 12.6. The number of rotatable bonds is 7. The number of nitrogens with zero attached hydrogens (tertiary/aromatic N) is 2. The fourth-order valence-corrected chi connectivity index (χ4v) is 2.80. The van der Waals surface area contributed by atoms with Crippen LogP contribution in [0.3, 0.4) is 0 Å². The molecule has 0 aliphatic heterocycles. The molecule has 7 heteroatoms. The largest absolute Gasteiger partial charge is 0.497 e. The van der Waals surface area contributed by atoms with Crippen molar-refractivity contribution in [2.45, 2.75) is 26.5 Å². The molecule has 1 aromatic heterocycles. The van der Waals surface area contributed by atoms with Gasteiger partial charge in [-0.25, -0.2) is 4.98 Å². The van der Waals surface area contributed by atoms with Gasteiger partial charge in [-0.3, -0.25) is 4.79 Å². The van der Waals surface area contributed by atoms with E-state index in [1.165, 1.54) is 0 Å². The zero-order valence-electron chi connectivity index (χ0n) is 15.9. The molecular weight excluding hydrogens is 346 g/mol. The van der Waals surface area contributed by atoms with Crippen molar-refractivity contribution in [3.8, 4) is 17.2 Å². The first-order valence-corrected chi connectivity index (χ1v) is 8.63. The number of para-hydroxylation sites is 1. The third-order valence-corrected chi connectivity index (χ3v) is 3.91. The van der Waals surface area contributed by atoms with Crippen LogP contribution in [0, 0.1) is 0 Å². The first-order chi connectivity index (χ1) is 13.0. The molecule has 1 heterocycles. The Morgan fingerprint density at radius 2 is 1.85 bits per heavy atom. The first-order valence-electron chi connectivity index (χ1n) is 8.63. The second-order valence-electron chi connectivity index (χ2n) is 6.31. The summed E-state index contributed by atoms with van der Waals surface area (Å²) < 4.78 is 18.1. The zero-order valence-corrected chi connectivity index (χ0v) is 15.9. The summed E-state index contributed by atoms with van der Waals surface area (Å²) in [6, 6.07) is 10.9. The molecule has 2 aromatic carbocycles. The average molecular weight is 369 g/mol. The average Bonchev–Trinajstić information content (AvgIpc) is 3.04. The molecular formula is C20H23N3O4. The van der Waals surface area contributed by atoms with Crippen LogP contribution in [0.4, 0.5) is 5.69 Å². The van der Waals surface area contributed by atoms with Crippen LogP contribution < -0.4 is 19.5 Å². The highest BCUT2D eigenvalue weighted by atomic mass is 16.5. The Bertz CT molecular complexity index is 927. The molecule has 3 rings (SSSR count). The molecule has 1 amide bonds. The maximum Gasteiger partial charge on any atom is 0.244 e. The van der Waals surface area contributed by atoms with Crippen LogP contribution in [0.25, 0.3) is 11.0 Å². The van der Waals surface area contributed by atoms with E-state index in [0.717, 1.165) is 11.0 Å². The topological polar surface area (TPSA) is 74.6 Å². The number of aromatic nitrogens is 2. The van der Waals surface area contributed by atoms with Gasteiger partial charge in [-0.05, 0) is 26.0 Å². The van der Waals surface area contributed by atoms with E-state index < -0.39 is 0 Å². The summed E-state index contributed by atoms with van der Waals surface area (Å²) in [7, 11) is 3.13. The third-order valence-electron chi connectivity index (χ3n) is 3.91. The summed E-state index contributed by atoms with van der Waals surface area (Å²) in [6.45, 7) is 4.03. The molecule has 0 spiro atoms. The molecule has 7 nitrogen and oxygen atoms in total. The van der Waals surface area contributed by atoms with Crippen molar-refractivity contribution >= 4 is 22.6 Å². The molecule has 142 valence electrons. The van der Waals surface area contributed by atoms with Gasteiger partial charge in [-0.1, -0.05) is 6.07 Å². The van der Waals surface area contributed by atoms with Crippen molar-refractivity contribution in [3.05, 3.63) is 42.7 Å². The fourth-order valence-electron chi connectivity index (χ4n) is 2.80. The number of methoxy groups -OCH3 is 2. The van der Waals surface area contributed by atoms with E-state index in [1.807, 2.05) is 32.0 Å². The highest BCUT2D eigenvalue weighted by Gasteiger charge is 2.13. The maximum atomic E-state index is 12.6. The molecule has 0 aliphatic carbocycles. The number of amides is 1. The number of imidazole rings is 1. The molecule has 1 N–H and O–H groups in total. The lowest BCUT2D eigenvalue weighted by Crippen LogP contribution is -2.18. The number of hydrogen-bond donors (Lipinski definition) is 1. The van der Waals surface area contributed by atoms with Crippen molar-refractivity contribution in [1.82, 2.24) is 9.55 Å². The van der Waals surface area contributed by atoms with Crippen LogP contribution >= 0.6 is 0 Å². The molecule has 0 saturated heterocycles. The molecule has 0 radical (unpaired) electrons. The van der Waals surface area contributed by atoms with Crippen molar-refractivity contribution in [1.29, 1.82) is 0 Å². The predicted molar refractivity (Wildman–Crippen MR) is 104 cm³/mol. The minimum Gasteiger partial charge on any atom is -0.497 e. The van der Waals surface area contributed by atoms with E-state index in [1.54, 1.807) is 43.3 Å².